The highest BCUT2D eigenvalue weighted by Gasteiger charge is 2.33. The summed E-state index contributed by atoms with van der Waals surface area (Å²) in [7, 11) is 0. The first-order valence-corrected chi connectivity index (χ1v) is 6.68. The van der Waals surface area contributed by atoms with Crippen LogP contribution in [0.2, 0.25) is 0 Å². The Morgan fingerprint density at radius 2 is 2.22 bits per heavy atom. The summed E-state index contributed by atoms with van der Waals surface area (Å²) >= 11 is 17.4. The topological polar surface area (TPSA) is 54.3 Å². The van der Waals surface area contributed by atoms with Gasteiger partial charge in [-0.05, 0) is 18.6 Å². The highest BCUT2D eigenvalue weighted by Crippen LogP contribution is 2.29. The fourth-order valence-corrected chi connectivity index (χ4v) is 1.72. The third-order valence-electron chi connectivity index (χ3n) is 2.17. The molecule has 0 saturated carbocycles. The zero-order valence-electron chi connectivity index (χ0n) is 9.88. The fourth-order valence-electron chi connectivity index (χ4n) is 1.32. The summed E-state index contributed by atoms with van der Waals surface area (Å²) in [6.07, 6.45) is 1.90. The lowest BCUT2D eigenvalue weighted by Gasteiger charge is -2.26. The van der Waals surface area contributed by atoms with Crippen LogP contribution in [0.5, 0.6) is 0 Å². The van der Waals surface area contributed by atoms with Gasteiger partial charge in [-0.2, -0.15) is 0 Å². The van der Waals surface area contributed by atoms with E-state index in [-0.39, 0.29) is 5.91 Å². The predicted molar refractivity (Wildman–Crippen MR) is 72.7 cm³/mol. The van der Waals surface area contributed by atoms with Crippen molar-refractivity contribution in [2.24, 2.45) is 0 Å². The van der Waals surface area contributed by atoms with E-state index in [1.807, 2.05) is 6.92 Å². The van der Waals surface area contributed by atoms with Crippen molar-refractivity contribution in [3.05, 3.63) is 24.2 Å². The van der Waals surface area contributed by atoms with Gasteiger partial charge in [0, 0.05) is 6.42 Å². The van der Waals surface area contributed by atoms with Crippen LogP contribution in [0.3, 0.4) is 0 Å². The third kappa shape index (κ3) is 5.48. The predicted octanol–water partition coefficient (Wildman–Crippen LogP) is 2.98. The SMILES string of the molecule is CCCC(=O)N[C@@H](NCc1ccco1)C(Cl)(Cl)Cl. The number of alkyl halides is 3. The fraction of sp³-hybridized carbons (Fsp3) is 0.545. The average Bonchev–Trinajstić information content (AvgIpc) is 2.75. The van der Waals surface area contributed by atoms with Crippen LogP contribution in [0.25, 0.3) is 0 Å². The smallest absolute Gasteiger partial charge is 0.223 e. The van der Waals surface area contributed by atoms with E-state index in [1.54, 1.807) is 18.4 Å². The minimum absolute atomic E-state index is 0.166. The molecule has 0 saturated heterocycles. The van der Waals surface area contributed by atoms with E-state index in [9.17, 15) is 4.79 Å². The number of nitrogens with one attached hydrogen (secondary N) is 2. The Hall–Kier alpha value is -0.420. The van der Waals surface area contributed by atoms with Gasteiger partial charge in [-0.25, -0.2) is 0 Å². The molecule has 0 aliphatic carbocycles. The molecule has 0 aliphatic rings. The van der Waals surface area contributed by atoms with Crippen LogP contribution in [0.15, 0.2) is 22.8 Å². The molecule has 18 heavy (non-hydrogen) atoms. The number of carbonyl (C=O) groups is 1. The van der Waals surface area contributed by atoms with Crippen molar-refractivity contribution in [1.29, 1.82) is 0 Å². The molecule has 1 aromatic heterocycles. The molecule has 0 aliphatic heterocycles. The Bertz CT molecular complexity index is 363. The molecule has 7 heteroatoms. The second-order valence-electron chi connectivity index (χ2n) is 3.75. The molecule has 0 unspecified atom stereocenters. The lowest BCUT2D eigenvalue weighted by atomic mass is 10.3. The van der Waals surface area contributed by atoms with Crippen molar-refractivity contribution in [3.8, 4) is 0 Å². The number of hydrogen-bond acceptors (Lipinski definition) is 3. The first-order chi connectivity index (χ1) is 8.43. The number of amides is 1. The van der Waals surface area contributed by atoms with E-state index in [2.05, 4.69) is 10.6 Å². The van der Waals surface area contributed by atoms with E-state index in [4.69, 9.17) is 39.2 Å². The van der Waals surface area contributed by atoms with Crippen molar-refractivity contribution in [3.63, 3.8) is 0 Å². The lowest BCUT2D eigenvalue weighted by Crippen LogP contribution is -2.53. The summed E-state index contributed by atoms with van der Waals surface area (Å²) in [5, 5.41) is 5.56. The summed E-state index contributed by atoms with van der Waals surface area (Å²) in [5.74, 6) is 0.528. The van der Waals surface area contributed by atoms with E-state index in [1.165, 1.54) is 0 Å². The van der Waals surface area contributed by atoms with Gasteiger partial charge in [0.2, 0.25) is 9.70 Å². The Morgan fingerprint density at radius 3 is 2.72 bits per heavy atom. The Morgan fingerprint density at radius 1 is 1.50 bits per heavy atom. The summed E-state index contributed by atoms with van der Waals surface area (Å²) in [4.78, 5) is 11.5. The summed E-state index contributed by atoms with van der Waals surface area (Å²) in [6.45, 7) is 2.26. The molecule has 1 rings (SSSR count). The number of carbonyl (C=O) groups excluding carboxylic acids is 1. The number of hydrogen-bond donors (Lipinski definition) is 2. The number of halogens is 3. The first kappa shape index (κ1) is 15.6. The highest BCUT2D eigenvalue weighted by molar-refractivity contribution is 6.68. The van der Waals surface area contributed by atoms with Gasteiger partial charge in [0.25, 0.3) is 0 Å². The molecule has 0 aromatic carbocycles. The van der Waals surface area contributed by atoms with Crippen LogP contribution in [-0.4, -0.2) is 15.9 Å². The highest BCUT2D eigenvalue weighted by atomic mass is 35.6. The largest absolute Gasteiger partial charge is 0.468 e. The second-order valence-corrected chi connectivity index (χ2v) is 6.12. The summed E-state index contributed by atoms with van der Waals surface area (Å²) in [6, 6.07) is 3.55. The van der Waals surface area contributed by atoms with Gasteiger partial charge in [0.05, 0.1) is 12.8 Å². The van der Waals surface area contributed by atoms with Gasteiger partial charge in [-0.3, -0.25) is 10.1 Å². The van der Waals surface area contributed by atoms with E-state index in [0.29, 0.717) is 18.7 Å². The van der Waals surface area contributed by atoms with Crippen molar-refractivity contribution >= 4 is 40.7 Å². The van der Waals surface area contributed by atoms with Gasteiger partial charge >= 0.3 is 0 Å². The molecule has 2 N–H and O–H groups in total. The quantitative estimate of drug-likeness (QED) is 0.627. The lowest BCUT2D eigenvalue weighted by molar-refractivity contribution is -0.122. The Labute approximate surface area is 121 Å². The molecule has 4 nitrogen and oxygen atoms in total. The normalized spacial score (nSPS) is 13.3. The Balaban J connectivity index is 2.53. The van der Waals surface area contributed by atoms with Crippen LogP contribution >= 0.6 is 34.8 Å². The van der Waals surface area contributed by atoms with E-state index >= 15 is 0 Å². The summed E-state index contributed by atoms with van der Waals surface area (Å²) < 4.78 is 3.52. The first-order valence-electron chi connectivity index (χ1n) is 5.55. The van der Waals surface area contributed by atoms with Crippen molar-refractivity contribution < 1.29 is 9.21 Å². The molecular weight excluding hydrogens is 298 g/mol. The molecule has 0 spiro atoms. The third-order valence-corrected chi connectivity index (χ3v) is 2.82. The molecule has 0 bridgehead atoms. The molecular formula is C11H15Cl3N2O2. The van der Waals surface area contributed by atoms with Gasteiger partial charge in [0.15, 0.2) is 0 Å². The maximum Gasteiger partial charge on any atom is 0.223 e. The van der Waals surface area contributed by atoms with Crippen LogP contribution in [0, 0.1) is 0 Å². The second kappa shape index (κ2) is 7.24. The maximum absolute atomic E-state index is 11.5. The standard InChI is InChI=1S/C11H15Cl3N2O2/c1-2-4-9(17)16-10(11(12,13)14)15-7-8-5-3-6-18-8/h3,5-6,10,15H,2,4,7H2,1H3,(H,16,17)/t10-/m1/s1. The van der Waals surface area contributed by atoms with Crippen LogP contribution in [0.1, 0.15) is 25.5 Å². The number of rotatable bonds is 6. The van der Waals surface area contributed by atoms with Crippen LogP contribution in [-0.2, 0) is 11.3 Å². The monoisotopic (exact) mass is 312 g/mol. The van der Waals surface area contributed by atoms with E-state index in [0.717, 1.165) is 6.42 Å². The Kier molecular flexibility index (Phi) is 6.29. The van der Waals surface area contributed by atoms with Crippen LogP contribution < -0.4 is 10.6 Å². The molecule has 1 aromatic rings. The van der Waals surface area contributed by atoms with Gasteiger partial charge in [-0.1, -0.05) is 41.7 Å². The zero-order valence-corrected chi connectivity index (χ0v) is 12.1. The van der Waals surface area contributed by atoms with Crippen molar-refractivity contribution in [2.75, 3.05) is 0 Å². The van der Waals surface area contributed by atoms with Crippen molar-refractivity contribution in [1.82, 2.24) is 10.6 Å². The molecule has 0 radical (unpaired) electrons. The van der Waals surface area contributed by atoms with Gasteiger partial charge in [-0.15, -0.1) is 0 Å². The molecule has 1 amide bonds. The molecule has 102 valence electrons. The minimum atomic E-state index is -1.63. The van der Waals surface area contributed by atoms with Gasteiger partial charge < -0.3 is 9.73 Å². The molecule has 0 fully saturated rings. The zero-order chi connectivity index (χ0) is 13.6. The maximum atomic E-state index is 11.5. The van der Waals surface area contributed by atoms with Gasteiger partial charge in [0.1, 0.15) is 11.9 Å². The minimum Gasteiger partial charge on any atom is -0.468 e. The van der Waals surface area contributed by atoms with Crippen LogP contribution in [0.4, 0.5) is 0 Å². The average molecular weight is 314 g/mol. The molecule has 1 atom stereocenters. The summed E-state index contributed by atoms with van der Waals surface area (Å²) in [5.41, 5.74) is 0. The van der Waals surface area contributed by atoms with Crippen molar-refractivity contribution in [2.45, 2.75) is 36.3 Å². The molecule has 1 heterocycles. The van der Waals surface area contributed by atoms with E-state index < -0.39 is 9.96 Å². The number of furan rings is 1.